The van der Waals surface area contributed by atoms with Crippen molar-refractivity contribution in [2.45, 2.75) is 35.7 Å². The molecule has 6 nitrogen and oxygen atoms in total. The van der Waals surface area contributed by atoms with E-state index in [4.69, 9.17) is 0 Å². The Bertz CT molecular complexity index is 1170. The van der Waals surface area contributed by atoms with Gasteiger partial charge in [0.25, 0.3) is 0 Å². The summed E-state index contributed by atoms with van der Waals surface area (Å²) in [6.07, 6.45) is 2.87. The van der Waals surface area contributed by atoms with Crippen molar-refractivity contribution in [1.29, 1.82) is 0 Å². The van der Waals surface area contributed by atoms with E-state index in [-0.39, 0.29) is 22.1 Å². The van der Waals surface area contributed by atoms with Crippen molar-refractivity contribution < 1.29 is 18.5 Å². The highest BCUT2D eigenvalue weighted by Crippen LogP contribution is 2.37. The van der Waals surface area contributed by atoms with Crippen LogP contribution in [0.2, 0.25) is 0 Å². The maximum atomic E-state index is 14.6. The molecule has 0 radical (unpaired) electrons. The Labute approximate surface area is 155 Å². The fourth-order valence-electron chi connectivity index (χ4n) is 2.92. The van der Waals surface area contributed by atoms with Gasteiger partial charge in [-0.05, 0) is 38.0 Å². The van der Waals surface area contributed by atoms with Gasteiger partial charge in [0.05, 0.1) is 5.39 Å². The predicted octanol–water partition coefficient (Wildman–Crippen LogP) is 3.04. The number of halogens is 1. The molecule has 0 spiro atoms. The maximum absolute atomic E-state index is 14.6. The molecule has 4 rings (SSSR count). The highest BCUT2D eigenvalue weighted by atomic mass is 32.2. The summed E-state index contributed by atoms with van der Waals surface area (Å²) < 4.78 is 29.0. The third-order valence-corrected chi connectivity index (χ3v) is 5.84. The molecule has 1 fully saturated rings. The number of carbonyl (C=O) groups is 1. The molecule has 0 aliphatic heterocycles. The molecule has 1 atom stereocenters. The molecule has 2 aromatic heterocycles. The molecule has 0 bridgehead atoms. The van der Waals surface area contributed by atoms with E-state index in [1.54, 1.807) is 28.8 Å². The summed E-state index contributed by atoms with van der Waals surface area (Å²) in [7, 11) is -1.86. The van der Waals surface area contributed by atoms with Crippen LogP contribution in [0.4, 0.5) is 4.39 Å². The zero-order chi connectivity index (χ0) is 19.3. The summed E-state index contributed by atoms with van der Waals surface area (Å²) in [5.41, 5.74) is -0.0905. The number of aromatic carboxylic acids is 1. The van der Waals surface area contributed by atoms with Crippen LogP contribution < -0.4 is 5.43 Å². The molecule has 1 aliphatic rings. The molecule has 8 heteroatoms. The standard InChI is InChI=1S/C19H15FN2O4S/c1-10-2-6-12(7-3-10)27(26)18-15(20)8-13-16(23)14(19(24)25)9-22(11-4-5-11)17(13)21-18/h2-3,6-9,11H,4-5H2,1H3,(H,24,25). The van der Waals surface area contributed by atoms with Gasteiger partial charge in [0, 0.05) is 17.1 Å². The second-order valence-corrected chi connectivity index (χ2v) is 7.94. The minimum absolute atomic E-state index is 0.00446. The number of fused-ring (bicyclic) bond motifs is 1. The molecule has 0 saturated heterocycles. The van der Waals surface area contributed by atoms with Crippen LogP contribution in [0.1, 0.15) is 34.8 Å². The van der Waals surface area contributed by atoms with Crippen LogP contribution in [0.5, 0.6) is 0 Å². The Balaban J connectivity index is 1.95. The lowest BCUT2D eigenvalue weighted by Crippen LogP contribution is -2.20. The van der Waals surface area contributed by atoms with Gasteiger partial charge in [-0.3, -0.25) is 4.79 Å². The first-order valence-electron chi connectivity index (χ1n) is 8.34. The smallest absolute Gasteiger partial charge is 0.341 e. The lowest BCUT2D eigenvalue weighted by atomic mass is 10.2. The molecule has 138 valence electrons. The second-order valence-electron chi connectivity index (χ2n) is 6.54. The average molecular weight is 386 g/mol. The molecule has 2 heterocycles. The zero-order valence-corrected chi connectivity index (χ0v) is 15.1. The molecule has 1 N–H and O–H groups in total. The first-order chi connectivity index (χ1) is 12.9. The van der Waals surface area contributed by atoms with Gasteiger partial charge in [0.2, 0.25) is 5.43 Å². The van der Waals surface area contributed by atoms with Crippen LogP contribution in [0.15, 0.2) is 51.2 Å². The quantitative estimate of drug-likeness (QED) is 0.744. The lowest BCUT2D eigenvalue weighted by Gasteiger charge is -2.12. The first-order valence-corrected chi connectivity index (χ1v) is 9.49. The topological polar surface area (TPSA) is 89.3 Å². The van der Waals surface area contributed by atoms with Gasteiger partial charge >= 0.3 is 5.97 Å². The van der Waals surface area contributed by atoms with Crippen LogP contribution in [-0.2, 0) is 10.8 Å². The van der Waals surface area contributed by atoms with Crippen molar-refractivity contribution in [3.8, 4) is 0 Å². The average Bonchev–Trinajstić information content (AvgIpc) is 3.47. The maximum Gasteiger partial charge on any atom is 0.341 e. The van der Waals surface area contributed by atoms with Crippen molar-refractivity contribution in [2.75, 3.05) is 0 Å². The van der Waals surface area contributed by atoms with E-state index in [2.05, 4.69) is 4.98 Å². The van der Waals surface area contributed by atoms with E-state index in [1.165, 1.54) is 6.20 Å². The van der Waals surface area contributed by atoms with E-state index in [1.807, 2.05) is 6.92 Å². The minimum atomic E-state index is -1.86. The second kappa shape index (κ2) is 6.38. The Hall–Kier alpha value is -2.87. The summed E-state index contributed by atoms with van der Waals surface area (Å²) in [5.74, 6) is -2.27. The molecular formula is C19H15FN2O4S. The van der Waals surface area contributed by atoms with Crippen molar-refractivity contribution in [2.24, 2.45) is 0 Å². The van der Waals surface area contributed by atoms with Gasteiger partial charge in [0.15, 0.2) is 10.8 Å². The monoisotopic (exact) mass is 386 g/mol. The van der Waals surface area contributed by atoms with Crippen molar-refractivity contribution in [3.63, 3.8) is 0 Å². The van der Waals surface area contributed by atoms with Gasteiger partial charge in [-0.1, -0.05) is 17.7 Å². The summed E-state index contributed by atoms with van der Waals surface area (Å²) in [4.78, 5) is 28.4. The number of carboxylic acids is 1. The predicted molar refractivity (Wildman–Crippen MR) is 97.0 cm³/mol. The largest absolute Gasteiger partial charge is 0.477 e. The van der Waals surface area contributed by atoms with Crippen LogP contribution in [0, 0.1) is 12.7 Å². The molecule has 27 heavy (non-hydrogen) atoms. The number of rotatable bonds is 4. The number of carboxylic acid groups (broad SMARTS) is 1. The number of aromatic nitrogens is 2. The Kier molecular flexibility index (Phi) is 4.15. The van der Waals surface area contributed by atoms with Crippen LogP contribution in [0.25, 0.3) is 11.0 Å². The lowest BCUT2D eigenvalue weighted by molar-refractivity contribution is 0.0695. The Morgan fingerprint density at radius 1 is 1.30 bits per heavy atom. The van der Waals surface area contributed by atoms with Gasteiger partial charge in [-0.25, -0.2) is 18.4 Å². The van der Waals surface area contributed by atoms with Gasteiger partial charge in [0.1, 0.15) is 22.0 Å². The molecule has 1 aromatic carbocycles. The van der Waals surface area contributed by atoms with E-state index in [9.17, 15) is 23.3 Å². The Morgan fingerprint density at radius 3 is 2.56 bits per heavy atom. The molecule has 3 aromatic rings. The van der Waals surface area contributed by atoms with Gasteiger partial charge in [-0.2, -0.15) is 0 Å². The van der Waals surface area contributed by atoms with E-state index < -0.39 is 33.6 Å². The number of hydrogen-bond acceptors (Lipinski definition) is 4. The van der Waals surface area contributed by atoms with Gasteiger partial charge in [-0.15, -0.1) is 0 Å². The first kappa shape index (κ1) is 17.5. The van der Waals surface area contributed by atoms with Crippen LogP contribution in [-0.4, -0.2) is 24.8 Å². The van der Waals surface area contributed by atoms with Crippen molar-refractivity contribution >= 4 is 27.8 Å². The van der Waals surface area contributed by atoms with E-state index >= 15 is 0 Å². The fraction of sp³-hybridized carbons (Fsp3) is 0.211. The molecule has 1 aliphatic carbocycles. The molecule has 1 saturated carbocycles. The summed E-state index contributed by atoms with van der Waals surface area (Å²) in [5, 5.41) is 8.86. The highest BCUT2D eigenvalue weighted by Gasteiger charge is 2.29. The SMILES string of the molecule is Cc1ccc(S(=O)c2nc3c(cc2F)c(=O)c(C(=O)O)cn3C2CC2)cc1. The molecular weight excluding hydrogens is 371 g/mol. The number of aryl methyl sites for hydroxylation is 1. The molecule has 1 unspecified atom stereocenters. The number of hydrogen-bond donors (Lipinski definition) is 1. The van der Waals surface area contributed by atoms with Gasteiger partial charge < -0.3 is 9.67 Å². The number of benzene rings is 1. The summed E-state index contributed by atoms with van der Waals surface area (Å²) in [6.45, 7) is 1.88. The third kappa shape index (κ3) is 3.06. The highest BCUT2D eigenvalue weighted by molar-refractivity contribution is 7.85. The summed E-state index contributed by atoms with van der Waals surface area (Å²) >= 11 is 0. The fourth-order valence-corrected chi connectivity index (χ4v) is 3.93. The molecule has 0 amide bonds. The summed E-state index contributed by atoms with van der Waals surface area (Å²) in [6, 6.07) is 7.76. The van der Waals surface area contributed by atoms with E-state index in [0.717, 1.165) is 24.5 Å². The number of nitrogens with zero attached hydrogens (tertiary/aromatic N) is 2. The van der Waals surface area contributed by atoms with Crippen molar-refractivity contribution in [3.05, 3.63) is 63.7 Å². The minimum Gasteiger partial charge on any atom is -0.477 e. The van der Waals surface area contributed by atoms with Crippen LogP contribution in [0.3, 0.4) is 0 Å². The zero-order valence-electron chi connectivity index (χ0n) is 14.3. The third-order valence-electron chi connectivity index (χ3n) is 4.51. The van der Waals surface area contributed by atoms with E-state index in [0.29, 0.717) is 4.90 Å². The number of pyridine rings is 2. The van der Waals surface area contributed by atoms with Crippen molar-refractivity contribution in [1.82, 2.24) is 9.55 Å². The normalized spacial score (nSPS) is 15.0. The Morgan fingerprint density at radius 2 is 1.96 bits per heavy atom. The van der Waals surface area contributed by atoms with Crippen LogP contribution >= 0.6 is 0 Å².